The van der Waals surface area contributed by atoms with Gasteiger partial charge in [0.15, 0.2) is 10.9 Å². The van der Waals surface area contributed by atoms with Gasteiger partial charge in [0.2, 0.25) is 0 Å². The Kier molecular flexibility index (Phi) is 6.45. The highest BCUT2D eigenvalue weighted by atomic mass is 16.3. The van der Waals surface area contributed by atoms with Crippen LogP contribution in [0.15, 0.2) is 188 Å². The van der Waals surface area contributed by atoms with Crippen molar-refractivity contribution in [3.63, 3.8) is 0 Å². The Morgan fingerprint density at radius 1 is 0.370 bits per heavy atom. The van der Waals surface area contributed by atoms with Gasteiger partial charge in [0, 0.05) is 68.3 Å². The first-order valence-corrected chi connectivity index (χ1v) is 17.8. The topological polar surface area (TPSA) is 70.3 Å². The molecule has 6 nitrogen and oxygen atoms in total. The summed E-state index contributed by atoms with van der Waals surface area (Å²) in [5.41, 5.74) is 9.82. The van der Waals surface area contributed by atoms with Crippen LogP contribution in [0, 0.1) is 0 Å². The second kappa shape index (κ2) is 11.5. The molecule has 254 valence electrons. The van der Waals surface area contributed by atoms with Crippen LogP contribution in [-0.2, 0) is 0 Å². The SMILES string of the molecule is O=c1cc(-c2ccc(-n3ccc(=O)c4ccccc43)cc2)oc2ccc(-c3ccc(-n4c5ccccc5c5cc6c(cc54)oc4ccccc46)cc3)cc12. The van der Waals surface area contributed by atoms with Crippen molar-refractivity contribution in [2.24, 2.45) is 0 Å². The van der Waals surface area contributed by atoms with Gasteiger partial charge < -0.3 is 18.0 Å². The summed E-state index contributed by atoms with van der Waals surface area (Å²) in [4.78, 5) is 25.9. The second-order valence-corrected chi connectivity index (χ2v) is 13.7. The molecule has 0 N–H and O–H groups in total. The molecule has 0 saturated heterocycles. The van der Waals surface area contributed by atoms with E-state index in [-0.39, 0.29) is 10.9 Å². The zero-order valence-corrected chi connectivity index (χ0v) is 28.7. The van der Waals surface area contributed by atoms with Crippen molar-refractivity contribution in [2.75, 3.05) is 0 Å². The van der Waals surface area contributed by atoms with Gasteiger partial charge in [-0.15, -0.1) is 0 Å². The smallest absolute Gasteiger partial charge is 0.193 e. The summed E-state index contributed by atoms with van der Waals surface area (Å²) >= 11 is 0. The molecular weight excluding hydrogens is 669 g/mol. The number of aromatic nitrogens is 2. The van der Waals surface area contributed by atoms with E-state index in [2.05, 4.69) is 71.3 Å². The van der Waals surface area contributed by atoms with Crippen LogP contribution in [0.4, 0.5) is 0 Å². The first-order valence-electron chi connectivity index (χ1n) is 17.8. The van der Waals surface area contributed by atoms with Crippen LogP contribution in [0.2, 0.25) is 0 Å². The Hall–Kier alpha value is -7.44. The lowest BCUT2D eigenvalue weighted by Gasteiger charge is -2.12. The Balaban J connectivity index is 0.935. The van der Waals surface area contributed by atoms with Gasteiger partial charge in [-0.3, -0.25) is 9.59 Å². The summed E-state index contributed by atoms with van der Waals surface area (Å²) in [5, 5.41) is 5.76. The summed E-state index contributed by atoms with van der Waals surface area (Å²) in [6.07, 6.45) is 1.78. The molecule has 0 atom stereocenters. The van der Waals surface area contributed by atoms with Crippen molar-refractivity contribution < 1.29 is 8.83 Å². The number of para-hydroxylation sites is 3. The normalized spacial score (nSPS) is 11.9. The highest BCUT2D eigenvalue weighted by Crippen LogP contribution is 2.38. The van der Waals surface area contributed by atoms with Gasteiger partial charge in [-0.05, 0) is 90.0 Å². The number of pyridine rings is 1. The molecule has 0 fully saturated rings. The van der Waals surface area contributed by atoms with E-state index in [1.807, 2.05) is 89.5 Å². The highest BCUT2D eigenvalue weighted by Gasteiger charge is 2.17. The molecule has 11 aromatic rings. The number of fused-ring (bicyclic) bond motifs is 8. The molecule has 0 radical (unpaired) electrons. The molecule has 11 rings (SSSR count). The predicted octanol–water partition coefficient (Wildman–Crippen LogP) is 11.4. The fourth-order valence-corrected chi connectivity index (χ4v) is 7.96. The third-order valence-electron chi connectivity index (χ3n) is 10.6. The van der Waals surface area contributed by atoms with Crippen LogP contribution < -0.4 is 10.9 Å². The largest absolute Gasteiger partial charge is 0.456 e. The molecule has 0 bridgehead atoms. The molecule has 4 aromatic heterocycles. The quantitative estimate of drug-likeness (QED) is 0.184. The molecule has 0 spiro atoms. The van der Waals surface area contributed by atoms with Gasteiger partial charge in [0.05, 0.1) is 21.9 Å². The summed E-state index contributed by atoms with van der Waals surface area (Å²) in [6.45, 7) is 0. The molecule has 54 heavy (non-hydrogen) atoms. The highest BCUT2D eigenvalue weighted by molar-refractivity contribution is 6.17. The first-order chi connectivity index (χ1) is 26.6. The van der Waals surface area contributed by atoms with Crippen LogP contribution in [0.25, 0.3) is 99.4 Å². The van der Waals surface area contributed by atoms with Crippen LogP contribution in [0.1, 0.15) is 0 Å². The lowest BCUT2D eigenvalue weighted by Crippen LogP contribution is -2.06. The summed E-state index contributed by atoms with van der Waals surface area (Å²) in [7, 11) is 0. The third-order valence-corrected chi connectivity index (χ3v) is 10.6. The van der Waals surface area contributed by atoms with E-state index < -0.39 is 0 Å². The second-order valence-electron chi connectivity index (χ2n) is 13.7. The average Bonchev–Trinajstić information content (AvgIpc) is 3.75. The minimum Gasteiger partial charge on any atom is -0.456 e. The molecule has 6 heteroatoms. The molecule has 4 heterocycles. The van der Waals surface area contributed by atoms with Crippen molar-refractivity contribution >= 4 is 65.6 Å². The zero-order chi connectivity index (χ0) is 35.9. The van der Waals surface area contributed by atoms with Crippen molar-refractivity contribution in [3.8, 4) is 33.8 Å². The van der Waals surface area contributed by atoms with Gasteiger partial charge >= 0.3 is 0 Å². The number of nitrogens with zero attached hydrogens (tertiary/aromatic N) is 2. The summed E-state index contributed by atoms with van der Waals surface area (Å²) in [5.74, 6) is 0.493. The van der Waals surface area contributed by atoms with Crippen LogP contribution in [0.5, 0.6) is 0 Å². The molecule has 0 aliphatic heterocycles. The van der Waals surface area contributed by atoms with Crippen molar-refractivity contribution in [1.82, 2.24) is 9.13 Å². The minimum absolute atomic E-state index is 0.0126. The number of hydrogen-bond donors (Lipinski definition) is 0. The zero-order valence-electron chi connectivity index (χ0n) is 28.7. The van der Waals surface area contributed by atoms with Crippen molar-refractivity contribution in [3.05, 3.63) is 190 Å². The van der Waals surface area contributed by atoms with Crippen molar-refractivity contribution in [1.29, 1.82) is 0 Å². The Bertz CT molecular complexity index is 3420. The van der Waals surface area contributed by atoms with Gasteiger partial charge in [-0.2, -0.15) is 0 Å². The fraction of sp³-hybridized carbons (Fsp3) is 0. The Morgan fingerprint density at radius 2 is 1.04 bits per heavy atom. The fourth-order valence-electron chi connectivity index (χ4n) is 7.96. The molecule has 0 aliphatic carbocycles. The monoisotopic (exact) mass is 696 g/mol. The van der Waals surface area contributed by atoms with Crippen LogP contribution in [0.3, 0.4) is 0 Å². The molecule has 0 aliphatic rings. The van der Waals surface area contributed by atoms with Gasteiger partial charge in [0.25, 0.3) is 0 Å². The van der Waals surface area contributed by atoms with Crippen molar-refractivity contribution in [2.45, 2.75) is 0 Å². The summed E-state index contributed by atoms with van der Waals surface area (Å²) < 4.78 is 16.8. The van der Waals surface area contributed by atoms with Gasteiger partial charge in [-0.1, -0.05) is 66.7 Å². The first kappa shape index (κ1) is 30.2. The lowest BCUT2D eigenvalue weighted by molar-refractivity contribution is 0.619. The standard InChI is InChI=1S/C48H28N2O4/c51-43-23-24-49(40-10-4-2-9-36(40)43)32-18-15-30(16-19-32)47-28-44(52)39-25-31(17-22-46(39)53-47)29-13-20-33(21-14-29)50-41-11-5-1-7-34(41)37-26-38-35-8-3-6-12-45(35)54-48(38)27-42(37)50/h1-28H. The Morgan fingerprint density at radius 3 is 1.87 bits per heavy atom. The van der Waals surface area contributed by atoms with E-state index in [1.165, 1.54) is 10.8 Å². The maximum atomic E-state index is 13.5. The Labute approximate surface area is 307 Å². The maximum Gasteiger partial charge on any atom is 0.193 e. The number of furan rings is 1. The van der Waals surface area contributed by atoms with Crippen LogP contribution >= 0.6 is 0 Å². The third kappa shape index (κ3) is 4.60. The van der Waals surface area contributed by atoms with E-state index in [4.69, 9.17) is 8.83 Å². The number of benzene rings is 7. The van der Waals surface area contributed by atoms with Crippen LogP contribution in [-0.4, -0.2) is 9.13 Å². The lowest BCUT2D eigenvalue weighted by atomic mass is 10.0. The molecule has 7 aromatic carbocycles. The summed E-state index contributed by atoms with van der Waals surface area (Å²) in [6, 6.07) is 53.7. The van der Waals surface area contributed by atoms with Gasteiger partial charge in [0.1, 0.15) is 22.5 Å². The average molecular weight is 697 g/mol. The van der Waals surface area contributed by atoms with E-state index in [1.54, 1.807) is 18.3 Å². The van der Waals surface area contributed by atoms with Gasteiger partial charge in [-0.25, -0.2) is 0 Å². The number of hydrogen-bond acceptors (Lipinski definition) is 4. The molecule has 0 unspecified atom stereocenters. The van der Waals surface area contributed by atoms with E-state index in [0.717, 1.165) is 66.6 Å². The van der Waals surface area contributed by atoms with E-state index in [0.29, 0.717) is 22.1 Å². The van der Waals surface area contributed by atoms with E-state index >= 15 is 0 Å². The molecule has 0 saturated carbocycles. The maximum absolute atomic E-state index is 13.5. The minimum atomic E-state index is -0.109. The molecule has 0 amide bonds. The van der Waals surface area contributed by atoms with E-state index in [9.17, 15) is 9.59 Å². The number of rotatable bonds is 4. The predicted molar refractivity (Wildman–Crippen MR) is 218 cm³/mol. The molecular formula is C48H28N2O4.